The van der Waals surface area contributed by atoms with Crippen molar-refractivity contribution >= 4 is 6.21 Å². The van der Waals surface area contributed by atoms with Gasteiger partial charge >= 0.3 is 0 Å². The van der Waals surface area contributed by atoms with Gasteiger partial charge in [-0.15, -0.1) is 5.53 Å². The molecule has 0 saturated heterocycles. The Labute approximate surface area is 78.1 Å². The van der Waals surface area contributed by atoms with Gasteiger partial charge in [-0.3, -0.25) is 5.01 Å². The summed E-state index contributed by atoms with van der Waals surface area (Å²) in [7, 11) is 0. The molecule has 0 unspecified atom stereocenters. The second-order valence-corrected chi connectivity index (χ2v) is 4.13. The molecule has 2 heterocycles. The summed E-state index contributed by atoms with van der Waals surface area (Å²) in [6, 6.07) is 0. The molecule has 0 saturated carbocycles. The highest BCUT2D eigenvalue weighted by molar-refractivity contribution is 5.73. The molecule has 70 valence electrons. The average molecular weight is 178 g/mol. The molecule has 2 rings (SSSR count). The molecule has 2 aliphatic heterocycles. The molecular formula is C9H14N4. The van der Waals surface area contributed by atoms with E-state index in [1.54, 1.807) is 11.3 Å². The van der Waals surface area contributed by atoms with Crippen LogP contribution in [0.1, 0.15) is 20.8 Å². The molecule has 4 nitrogen and oxygen atoms in total. The fourth-order valence-electron chi connectivity index (χ4n) is 1.17. The average Bonchev–Trinajstić information content (AvgIpc) is 2.45. The summed E-state index contributed by atoms with van der Waals surface area (Å²) in [4.78, 5) is 0. The molecule has 0 aromatic heterocycles. The van der Waals surface area contributed by atoms with Crippen LogP contribution >= 0.6 is 0 Å². The molecular weight excluding hydrogens is 164 g/mol. The number of hydrazone groups is 1. The van der Waals surface area contributed by atoms with Gasteiger partial charge in [0.2, 0.25) is 0 Å². The summed E-state index contributed by atoms with van der Waals surface area (Å²) in [6.07, 6.45) is 7.76. The van der Waals surface area contributed by atoms with Gasteiger partial charge in [-0.2, -0.15) is 10.2 Å². The van der Waals surface area contributed by atoms with E-state index in [-0.39, 0.29) is 5.54 Å². The van der Waals surface area contributed by atoms with E-state index >= 15 is 0 Å². The Morgan fingerprint density at radius 1 is 1.38 bits per heavy atom. The fourth-order valence-corrected chi connectivity index (χ4v) is 1.17. The van der Waals surface area contributed by atoms with Crippen LogP contribution in [0, 0.1) is 0 Å². The molecule has 0 atom stereocenters. The van der Waals surface area contributed by atoms with Crippen LogP contribution in [0.5, 0.6) is 0 Å². The minimum absolute atomic E-state index is 0.0632. The first kappa shape index (κ1) is 8.31. The van der Waals surface area contributed by atoms with Crippen molar-refractivity contribution in [2.45, 2.75) is 26.3 Å². The van der Waals surface area contributed by atoms with E-state index in [0.29, 0.717) is 0 Å². The van der Waals surface area contributed by atoms with Crippen LogP contribution in [0.15, 0.2) is 29.2 Å². The van der Waals surface area contributed by atoms with Gasteiger partial charge in [0.05, 0.1) is 5.70 Å². The number of fused-ring (bicyclic) bond motifs is 1. The first-order chi connectivity index (χ1) is 6.07. The predicted octanol–water partition coefficient (Wildman–Crippen LogP) is 1.22. The zero-order valence-electron chi connectivity index (χ0n) is 8.15. The first-order valence-electron chi connectivity index (χ1n) is 4.35. The molecule has 0 spiro atoms. The van der Waals surface area contributed by atoms with Gasteiger partial charge in [-0.05, 0) is 32.9 Å². The normalized spacial score (nSPS) is 20.7. The predicted molar refractivity (Wildman–Crippen MR) is 52.3 cm³/mol. The van der Waals surface area contributed by atoms with Crippen LogP contribution in [-0.2, 0) is 0 Å². The molecule has 0 aromatic rings. The van der Waals surface area contributed by atoms with Crippen molar-refractivity contribution < 1.29 is 0 Å². The Morgan fingerprint density at radius 3 is 2.77 bits per heavy atom. The van der Waals surface area contributed by atoms with Crippen molar-refractivity contribution in [1.82, 2.24) is 15.7 Å². The number of hydrogen-bond acceptors (Lipinski definition) is 4. The van der Waals surface area contributed by atoms with E-state index in [2.05, 4.69) is 31.4 Å². The maximum atomic E-state index is 4.16. The van der Waals surface area contributed by atoms with Gasteiger partial charge < -0.3 is 0 Å². The fraction of sp³-hybridized carbons (Fsp3) is 0.444. The largest absolute Gasteiger partial charge is 0.289 e. The number of nitrogens with zero attached hydrogens (tertiary/aromatic N) is 3. The minimum Gasteiger partial charge on any atom is -0.289 e. The summed E-state index contributed by atoms with van der Waals surface area (Å²) in [5.74, 6) is 0. The number of allylic oxidation sites excluding steroid dienone is 2. The summed E-state index contributed by atoms with van der Waals surface area (Å²) >= 11 is 0. The van der Waals surface area contributed by atoms with Gasteiger partial charge in [0.1, 0.15) is 0 Å². The lowest BCUT2D eigenvalue weighted by Gasteiger charge is -2.32. The lowest BCUT2D eigenvalue weighted by molar-refractivity contribution is 0.0607. The van der Waals surface area contributed by atoms with Crippen LogP contribution in [0.25, 0.3) is 0 Å². The van der Waals surface area contributed by atoms with Gasteiger partial charge in [0, 0.05) is 18.0 Å². The third-order valence-corrected chi connectivity index (χ3v) is 1.97. The van der Waals surface area contributed by atoms with Gasteiger partial charge in [-0.1, -0.05) is 0 Å². The molecule has 0 amide bonds. The molecule has 0 aromatic carbocycles. The highest BCUT2D eigenvalue weighted by Gasteiger charge is 2.27. The molecule has 2 aliphatic rings. The molecule has 0 aliphatic carbocycles. The van der Waals surface area contributed by atoms with Crippen LogP contribution in [-0.4, -0.2) is 21.9 Å². The van der Waals surface area contributed by atoms with Crippen molar-refractivity contribution in [3.05, 3.63) is 24.0 Å². The van der Waals surface area contributed by atoms with Crippen LogP contribution in [0.4, 0.5) is 0 Å². The Hall–Kier alpha value is -1.29. The smallest absolute Gasteiger partial charge is 0.0972 e. The third-order valence-electron chi connectivity index (χ3n) is 1.97. The molecule has 1 N–H and O–H groups in total. The lowest BCUT2D eigenvalue weighted by atomic mass is 10.1. The molecule has 0 bridgehead atoms. The monoisotopic (exact) mass is 178 g/mol. The standard InChI is InChI=1S/C9H14N4/c1-9(2,3)12-7-8-5-4-6-10-13(8)11-12/h4-7,11H,1-3H3. The summed E-state index contributed by atoms with van der Waals surface area (Å²) < 4.78 is 0. The highest BCUT2D eigenvalue weighted by atomic mass is 15.9. The highest BCUT2D eigenvalue weighted by Crippen LogP contribution is 2.21. The van der Waals surface area contributed by atoms with E-state index in [0.717, 1.165) is 5.70 Å². The van der Waals surface area contributed by atoms with Crippen LogP contribution in [0.2, 0.25) is 0 Å². The van der Waals surface area contributed by atoms with Crippen molar-refractivity contribution in [3.8, 4) is 0 Å². The van der Waals surface area contributed by atoms with E-state index in [4.69, 9.17) is 0 Å². The second kappa shape index (κ2) is 2.60. The summed E-state index contributed by atoms with van der Waals surface area (Å²) in [6.45, 7) is 6.43. The van der Waals surface area contributed by atoms with Crippen molar-refractivity contribution in [3.63, 3.8) is 0 Å². The van der Waals surface area contributed by atoms with Crippen LogP contribution < -0.4 is 5.53 Å². The first-order valence-corrected chi connectivity index (χ1v) is 4.35. The van der Waals surface area contributed by atoms with Crippen molar-refractivity contribution in [1.29, 1.82) is 0 Å². The maximum absolute atomic E-state index is 4.16. The van der Waals surface area contributed by atoms with E-state index in [9.17, 15) is 0 Å². The van der Waals surface area contributed by atoms with Crippen molar-refractivity contribution in [2.24, 2.45) is 5.10 Å². The quantitative estimate of drug-likeness (QED) is 0.605. The van der Waals surface area contributed by atoms with E-state index < -0.39 is 0 Å². The lowest BCUT2D eigenvalue weighted by Crippen LogP contribution is -2.47. The van der Waals surface area contributed by atoms with Gasteiger partial charge in [0.25, 0.3) is 0 Å². The zero-order chi connectivity index (χ0) is 9.47. The molecule has 13 heavy (non-hydrogen) atoms. The Balaban J connectivity index is 2.21. The summed E-state index contributed by atoms with van der Waals surface area (Å²) in [5, 5.41) is 7.95. The number of hydrazine groups is 2. The van der Waals surface area contributed by atoms with E-state index in [1.807, 2.05) is 23.4 Å². The number of hydrogen-bond donors (Lipinski definition) is 1. The second-order valence-electron chi connectivity index (χ2n) is 4.13. The Kier molecular flexibility index (Phi) is 1.66. The molecule has 0 radical (unpaired) electrons. The van der Waals surface area contributed by atoms with Crippen LogP contribution in [0.3, 0.4) is 0 Å². The molecule has 0 fully saturated rings. The topological polar surface area (TPSA) is 30.9 Å². The molecule has 4 heteroatoms. The zero-order valence-corrected chi connectivity index (χ0v) is 8.15. The Morgan fingerprint density at radius 2 is 2.15 bits per heavy atom. The van der Waals surface area contributed by atoms with Gasteiger partial charge in [-0.25, -0.2) is 0 Å². The van der Waals surface area contributed by atoms with Gasteiger partial charge in [0.15, 0.2) is 0 Å². The minimum atomic E-state index is 0.0632. The number of nitrogens with one attached hydrogen (secondary N) is 1. The van der Waals surface area contributed by atoms with E-state index in [1.165, 1.54) is 0 Å². The Bertz CT molecular complexity index is 295. The number of rotatable bonds is 0. The third kappa shape index (κ3) is 1.45. The van der Waals surface area contributed by atoms with Crippen molar-refractivity contribution in [2.75, 3.05) is 0 Å². The SMILES string of the molecule is CC(C)(C)N1C=C2C=CC=NN2N1. The summed E-state index contributed by atoms with van der Waals surface area (Å²) in [5.41, 5.74) is 4.29. The maximum Gasteiger partial charge on any atom is 0.0972 e.